The van der Waals surface area contributed by atoms with Gasteiger partial charge in [0.2, 0.25) is 0 Å². The quantitative estimate of drug-likeness (QED) is 0.699. The predicted octanol–water partition coefficient (Wildman–Crippen LogP) is 4.04. The van der Waals surface area contributed by atoms with Crippen molar-refractivity contribution >= 4 is 41.3 Å². The van der Waals surface area contributed by atoms with Gasteiger partial charge in [-0.1, -0.05) is 20.4 Å². The van der Waals surface area contributed by atoms with Crippen LogP contribution in [-0.4, -0.2) is 32.8 Å². The van der Waals surface area contributed by atoms with Crippen molar-refractivity contribution in [1.82, 2.24) is 19.5 Å². The van der Waals surface area contributed by atoms with Gasteiger partial charge in [-0.3, -0.25) is 4.57 Å². The van der Waals surface area contributed by atoms with Crippen LogP contribution in [0.25, 0.3) is 17.4 Å². The van der Waals surface area contributed by atoms with Crippen LogP contribution >= 0.6 is 7.14 Å². The molecule has 25 heavy (non-hydrogen) atoms. The third kappa shape index (κ3) is 3.49. The van der Waals surface area contributed by atoms with E-state index in [2.05, 4.69) is 26.8 Å². The third-order valence-corrected chi connectivity index (χ3v) is 5.45. The van der Waals surface area contributed by atoms with E-state index in [1.165, 1.54) is 0 Å². The van der Waals surface area contributed by atoms with Crippen LogP contribution in [0.1, 0.15) is 25.6 Å². The van der Waals surface area contributed by atoms with E-state index in [0.717, 1.165) is 22.5 Å². The lowest BCUT2D eigenvalue weighted by Crippen LogP contribution is -2.05. The Labute approximate surface area is 147 Å². The van der Waals surface area contributed by atoms with E-state index in [-0.39, 0.29) is 5.92 Å². The summed E-state index contributed by atoms with van der Waals surface area (Å²) in [5.74, 6) is 1.58. The first-order valence-corrected chi connectivity index (χ1v) is 10.7. The minimum absolute atomic E-state index is 0.187. The summed E-state index contributed by atoms with van der Waals surface area (Å²) in [6.45, 7) is 11.4. The van der Waals surface area contributed by atoms with Gasteiger partial charge in [0.05, 0.1) is 0 Å². The maximum Gasteiger partial charge on any atom is 0.169 e. The molecule has 0 fully saturated rings. The second kappa shape index (κ2) is 6.45. The Morgan fingerprint density at radius 2 is 1.88 bits per heavy atom. The Bertz CT molecular complexity index is 969. The maximum atomic E-state index is 12.2. The van der Waals surface area contributed by atoms with Crippen molar-refractivity contribution in [2.24, 2.45) is 0 Å². The van der Waals surface area contributed by atoms with E-state index in [4.69, 9.17) is 0 Å². The average Bonchev–Trinajstić information content (AvgIpc) is 2.97. The van der Waals surface area contributed by atoms with Crippen LogP contribution in [-0.2, 0) is 4.57 Å². The maximum absolute atomic E-state index is 12.2. The molecule has 0 aliphatic heterocycles. The summed E-state index contributed by atoms with van der Waals surface area (Å²) in [6, 6.07) is 7.57. The SMILES string of the molecule is C=Cn1cnc2c(Nc3ccc(P(C)(C)=O)cc3)nc(C(C)C)nc21. The lowest BCUT2D eigenvalue weighted by molar-refractivity contribution is 0.588. The summed E-state index contributed by atoms with van der Waals surface area (Å²) in [5, 5.41) is 4.16. The zero-order chi connectivity index (χ0) is 18.2. The molecule has 130 valence electrons. The number of nitrogens with one attached hydrogen (secondary N) is 1. The van der Waals surface area contributed by atoms with Crippen molar-refractivity contribution in [3.05, 3.63) is 43.0 Å². The second-order valence-electron chi connectivity index (χ2n) is 6.61. The molecule has 0 radical (unpaired) electrons. The summed E-state index contributed by atoms with van der Waals surface area (Å²) in [7, 11) is -2.26. The van der Waals surface area contributed by atoms with Crippen LogP contribution in [0.4, 0.5) is 11.5 Å². The Hall–Kier alpha value is -2.46. The number of hydrogen-bond acceptors (Lipinski definition) is 5. The molecular formula is C18H22N5OP. The van der Waals surface area contributed by atoms with Gasteiger partial charge < -0.3 is 9.88 Å². The van der Waals surface area contributed by atoms with Crippen molar-refractivity contribution in [2.75, 3.05) is 18.6 Å². The zero-order valence-corrected chi connectivity index (χ0v) is 15.8. The van der Waals surface area contributed by atoms with E-state index in [0.29, 0.717) is 11.3 Å². The molecule has 0 bridgehead atoms. The number of imidazole rings is 1. The van der Waals surface area contributed by atoms with Crippen LogP contribution < -0.4 is 10.6 Å². The Kier molecular flexibility index (Phi) is 4.48. The minimum atomic E-state index is -2.26. The molecule has 3 aromatic rings. The highest BCUT2D eigenvalue weighted by Gasteiger charge is 2.15. The highest BCUT2D eigenvalue weighted by molar-refractivity contribution is 7.70. The molecule has 2 aromatic heterocycles. The molecule has 1 N–H and O–H groups in total. The van der Waals surface area contributed by atoms with Crippen LogP contribution in [0.2, 0.25) is 0 Å². The summed E-state index contributed by atoms with van der Waals surface area (Å²) in [4.78, 5) is 13.6. The fourth-order valence-electron chi connectivity index (χ4n) is 2.45. The lowest BCUT2D eigenvalue weighted by atomic mass is 10.2. The fourth-order valence-corrected chi connectivity index (χ4v) is 3.32. The normalized spacial score (nSPS) is 11.9. The molecule has 1 aromatic carbocycles. The van der Waals surface area contributed by atoms with Crippen LogP contribution in [0.5, 0.6) is 0 Å². The Morgan fingerprint density at radius 1 is 1.20 bits per heavy atom. The molecule has 0 aliphatic rings. The van der Waals surface area contributed by atoms with Crippen molar-refractivity contribution in [2.45, 2.75) is 19.8 Å². The van der Waals surface area contributed by atoms with Gasteiger partial charge in [-0.15, -0.1) is 0 Å². The van der Waals surface area contributed by atoms with E-state index in [9.17, 15) is 4.57 Å². The average molecular weight is 355 g/mol. The number of rotatable bonds is 5. The highest BCUT2D eigenvalue weighted by Crippen LogP contribution is 2.35. The van der Waals surface area contributed by atoms with E-state index < -0.39 is 7.14 Å². The Morgan fingerprint density at radius 3 is 2.44 bits per heavy atom. The number of aromatic nitrogens is 4. The van der Waals surface area contributed by atoms with Crippen molar-refractivity contribution in [3.8, 4) is 0 Å². The molecule has 2 heterocycles. The molecule has 3 rings (SSSR count). The predicted molar refractivity (Wildman–Crippen MR) is 105 cm³/mol. The first-order chi connectivity index (χ1) is 11.8. The Balaban J connectivity index is 2.04. The molecule has 7 heteroatoms. The lowest BCUT2D eigenvalue weighted by Gasteiger charge is -2.12. The largest absolute Gasteiger partial charge is 0.338 e. The van der Waals surface area contributed by atoms with Crippen molar-refractivity contribution < 1.29 is 4.57 Å². The molecule has 0 unspecified atom stereocenters. The minimum Gasteiger partial charge on any atom is -0.338 e. The first-order valence-electron chi connectivity index (χ1n) is 8.09. The summed E-state index contributed by atoms with van der Waals surface area (Å²) in [6.07, 6.45) is 3.35. The second-order valence-corrected chi connectivity index (χ2v) is 9.83. The van der Waals surface area contributed by atoms with Gasteiger partial charge in [-0.2, -0.15) is 0 Å². The molecule has 0 saturated heterocycles. The summed E-state index contributed by atoms with van der Waals surface area (Å²) < 4.78 is 13.9. The van der Waals surface area contributed by atoms with Gasteiger partial charge >= 0.3 is 0 Å². The first kappa shape index (κ1) is 17.4. The van der Waals surface area contributed by atoms with Gasteiger partial charge in [0.25, 0.3) is 0 Å². The standard InChI is InChI=1S/C18H22N5OP/c1-6-23-11-19-15-17(21-16(12(2)3)22-18(15)23)20-13-7-9-14(10-8-13)25(4,5)24/h6-12H,1H2,2-5H3,(H,20,21,22). The molecule has 0 aliphatic carbocycles. The van der Waals surface area contributed by atoms with E-state index in [1.807, 2.05) is 38.1 Å². The zero-order valence-electron chi connectivity index (χ0n) is 14.9. The van der Waals surface area contributed by atoms with Gasteiger partial charge in [0.1, 0.15) is 19.3 Å². The number of nitrogens with zero attached hydrogens (tertiary/aromatic N) is 4. The third-order valence-electron chi connectivity index (χ3n) is 3.90. The van der Waals surface area contributed by atoms with E-state index >= 15 is 0 Å². The number of anilines is 2. The number of fused-ring (bicyclic) bond motifs is 1. The van der Waals surface area contributed by atoms with Gasteiger partial charge in [-0.25, -0.2) is 15.0 Å². The molecule has 0 saturated carbocycles. The topological polar surface area (TPSA) is 72.7 Å². The van der Waals surface area contributed by atoms with E-state index in [1.54, 1.807) is 30.4 Å². The smallest absolute Gasteiger partial charge is 0.169 e. The fraction of sp³-hybridized carbons (Fsp3) is 0.278. The molecule has 0 amide bonds. The molecular weight excluding hydrogens is 333 g/mol. The van der Waals surface area contributed by atoms with Crippen LogP contribution in [0.3, 0.4) is 0 Å². The number of benzene rings is 1. The monoisotopic (exact) mass is 355 g/mol. The molecule has 0 atom stereocenters. The van der Waals surface area contributed by atoms with Gasteiger partial charge in [-0.05, 0) is 37.6 Å². The van der Waals surface area contributed by atoms with Crippen molar-refractivity contribution in [3.63, 3.8) is 0 Å². The van der Waals surface area contributed by atoms with Crippen molar-refractivity contribution in [1.29, 1.82) is 0 Å². The van der Waals surface area contributed by atoms with Gasteiger partial charge in [0, 0.05) is 23.1 Å². The highest BCUT2D eigenvalue weighted by atomic mass is 31.2. The van der Waals surface area contributed by atoms with Gasteiger partial charge in [0.15, 0.2) is 17.0 Å². The van der Waals surface area contributed by atoms with Crippen LogP contribution in [0, 0.1) is 0 Å². The van der Waals surface area contributed by atoms with Crippen LogP contribution in [0.15, 0.2) is 37.2 Å². The molecule has 6 nitrogen and oxygen atoms in total. The summed E-state index contributed by atoms with van der Waals surface area (Å²) >= 11 is 0. The summed E-state index contributed by atoms with van der Waals surface area (Å²) in [5.41, 5.74) is 2.27. The number of hydrogen-bond donors (Lipinski definition) is 1. The molecule has 0 spiro atoms.